The predicted molar refractivity (Wildman–Crippen MR) is 123 cm³/mol. The topological polar surface area (TPSA) is 96.7 Å². The lowest BCUT2D eigenvalue weighted by Gasteiger charge is -2.23. The molecule has 0 aliphatic heterocycles. The van der Waals surface area contributed by atoms with E-state index in [0.29, 0.717) is 23.1 Å². The first-order valence-electron chi connectivity index (χ1n) is 10.2. The van der Waals surface area contributed by atoms with Crippen molar-refractivity contribution in [1.29, 1.82) is 0 Å². The number of nitrogens with zero attached hydrogens (tertiary/aromatic N) is 6. The van der Waals surface area contributed by atoms with E-state index in [4.69, 9.17) is 27.2 Å². The maximum absolute atomic E-state index is 6.72. The largest absolute Gasteiger partial charge is 0.493 e. The highest BCUT2D eigenvalue weighted by atomic mass is 35.5. The molecule has 1 atom stereocenters. The molecular formula is C22H26ClN7O. The fourth-order valence-electron chi connectivity index (χ4n) is 4.09. The van der Waals surface area contributed by atoms with Gasteiger partial charge >= 0.3 is 0 Å². The lowest BCUT2D eigenvalue weighted by atomic mass is 9.94. The van der Waals surface area contributed by atoms with Crippen LogP contribution in [0.25, 0.3) is 22.2 Å². The van der Waals surface area contributed by atoms with Gasteiger partial charge in [-0.25, -0.2) is 14.6 Å². The van der Waals surface area contributed by atoms with Gasteiger partial charge < -0.3 is 10.5 Å². The molecule has 0 radical (unpaired) electrons. The number of anilines is 1. The average Bonchev–Trinajstić information content (AvgIpc) is 3.23. The monoisotopic (exact) mass is 439 g/mol. The van der Waals surface area contributed by atoms with Gasteiger partial charge in [-0.15, -0.1) is 0 Å². The third-order valence-corrected chi connectivity index (χ3v) is 5.98. The Kier molecular flexibility index (Phi) is 5.35. The van der Waals surface area contributed by atoms with E-state index in [9.17, 15) is 0 Å². The van der Waals surface area contributed by atoms with Gasteiger partial charge in [0, 0.05) is 35.0 Å². The van der Waals surface area contributed by atoms with Gasteiger partial charge in [0.2, 0.25) is 0 Å². The molecule has 162 valence electrons. The molecule has 4 aromatic rings. The Morgan fingerprint density at radius 1 is 1.16 bits per heavy atom. The van der Waals surface area contributed by atoms with Crippen LogP contribution >= 0.6 is 11.6 Å². The van der Waals surface area contributed by atoms with Crippen LogP contribution in [-0.4, -0.2) is 36.1 Å². The lowest BCUT2D eigenvalue weighted by Crippen LogP contribution is -2.13. The molecular weight excluding hydrogens is 414 g/mol. The third-order valence-electron chi connectivity index (χ3n) is 5.59. The molecule has 3 aromatic heterocycles. The van der Waals surface area contributed by atoms with Crippen LogP contribution in [0.1, 0.15) is 42.4 Å². The number of hydrogen-bond donors (Lipinski definition) is 1. The van der Waals surface area contributed by atoms with E-state index < -0.39 is 0 Å². The number of ether oxygens (including phenoxy) is 1. The van der Waals surface area contributed by atoms with Crippen molar-refractivity contribution in [2.24, 2.45) is 7.05 Å². The van der Waals surface area contributed by atoms with E-state index in [2.05, 4.69) is 15.1 Å². The number of aromatic nitrogens is 6. The van der Waals surface area contributed by atoms with Crippen molar-refractivity contribution < 1.29 is 4.74 Å². The van der Waals surface area contributed by atoms with Crippen molar-refractivity contribution in [2.45, 2.75) is 40.7 Å². The molecule has 1 unspecified atom stereocenters. The lowest BCUT2D eigenvalue weighted by molar-refractivity contribution is 0.333. The molecule has 0 saturated heterocycles. The van der Waals surface area contributed by atoms with Crippen LogP contribution in [0.5, 0.6) is 5.75 Å². The normalized spacial score (nSPS) is 12.5. The molecule has 9 heteroatoms. The summed E-state index contributed by atoms with van der Waals surface area (Å²) in [5.41, 5.74) is 12.3. The van der Waals surface area contributed by atoms with E-state index in [1.807, 2.05) is 58.6 Å². The number of halogens is 1. The van der Waals surface area contributed by atoms with E-state index in [0.717, 1.165) is 44.8 Å². The molecule has 0 aliphatic rings. The highest BCUT2D eigenvalue weighted by Crippen LogP contribution is 2.44. The standard InChI is InChI=1S/C22H26ClN7O/c1-7-31-20-15(8-17(23)11(2)18(20)16-9-29(6)27-12(16)3)14(5)30-22-19(13(4)28-30)21(24)25-10-26-22/h8-10,14H,7H2,1-6H3,(H2,24,25,26). The van der Waals surface area contributed by atoms with Crippen LogP contribution in [0.15, 0.2) is 18.6 Å². The molecule has 0 fully saturated rings. The number of aryl methyl sites for hydroxylation is 3. The van der Waals surface area contributed by atoms with E-state index in [1.165, 1.54) is 6.33 Å². The summed E-state index contributed by atoms with van der Waals surface area (Å²) in [4.78, 5) is 8.56. The quantitative estimate of drug-likeness (QED) is 0.495. The average molecular weight is 440 g/mol. The first-order chi connectivity index (χ1) is 14.7. The van der Waals surface area contributed by atoms with Gasteiger partial charge in [-0.05, 0) is 46.2 Å². The number of rotatable bonds is 5. The summed E-state index contributed by atoms with van der Waals surface area (Å²) in [6.07, 6.45) is 3.45. The van der Waals surface area contributed by atoms with E-state index in [1.54, 1.807) is 4.68 Å². The third kappa shape index (κ3) is 3.40. The summed E-state index contributed by atoms with van der Waals surface area (Å²) in [5.74, 6) is 1.19. The SMILES string of the molecule is CCOc1c(C(C)n2nc(C)c3c(N)ncnc32)cc(Cl)c(C)c1-c1cn(C)nc1C. The van der Waals surface area contributed by atoms with Crippen molar-refractivity contribution in [2.75, 3.05) is 12.3 Å². The Morgan fingerprint density at radius 3 is 2.55 bits per heavy atom. The van der Waals surface area contributed by atoms with Crippen LogP contribution in [0.4, 0.5) is 5.82 Å². The van der Waals surface area contributed by atoms with Gasteiger partial charge in [0.05, 0.1) is 29.4 Å². The summed E-state index contributed by atoms with van der Waals surface area (Å²) in [5, 5.41) is 10.7. The number of nitrogen functional groups attached to an aromatic ring is 1. The molecule has 0 saturated carbocycles. The number of fused-ring (bicyclic) bond motifs is 1. The Bertz CT molecular complexity index is 1290. The van der Waals surface area contributed by atoms with E-state index in [-0.39, 0.29) is 6.04 Å². The Balaban J connectivity index is 1.99. The number of benzene rings is 1. The van der Waals surface area contributed by atoms with Crippen molar-refractivity contribution in [3.8, 4) is 16.9 Å². The minimum absolute atomic E-state index is 0.208. The van der Waals surface area contributed by atoms with Crippen LogP contribution in [0.3, 0.4) is 0 Å². The molecule has 3 heterocycles. The van der Waals surface area contributed by atoms with Crippen molar-refractivity contribution in [3.05, 3.63) is 46.1 Å². The predicted octanol–water partition coefficient (Wildman–Crippen LogP) is 4.40. The summed E-state index contributed by atoms with van der Waals surface area (Å²) < 4.78 is 9.87. The second-order valence-corrected chi connectivity index (χ2v) is 8.08. The van der Waals surface area contributed by atoms with Crippen molar-refractivity contribution >= 4 is 28.5 Å². The molecule has 4 rings (SSSR count). The minimum atomic E-state index is -0.208. The molecule has 0 amide bonds. The summed E-state index contributed by atoms with van der Waals surface area (Å²) in [7, 11) is 1.91. The second kappa shape index (κ2) is 7.85. The minimum Gasteiger partial charge on any atom is -0.493 e. The maximum atomic E-state index is 6.72. The summed E-state index contributed by atoms with van der Waals surface area (Å²) in [6, 6.07) is 1.75. The summed E-state index contributed by atoms with van der Waals surface area (Å²) in [6.45, 7) is 10.4. The van der Waals surface area contributed by atoms with E-state index >= 15 is 0 Å². The second-order valence-electron chi connectivity index (χ2n) is 7.68. The highest BCUT2D eigenvalue weighted by Gasteiger charge is 2.26. The molecule has 8 nitrogen and oxygen atoms in total. The van der Waals surface area contributed by atoms with Gasteiger partial charge in [0.1, 0.15) is 17.9 Å². The number of hydrogen-bond acceptors (Lipinski definition) is 6. The van der Waals surface area contributed by atoms with Gasteiger partial charge in [0.15, 0.2) is 5.65 Å². The highest BCUT2D eigenvalue weighted by molar-refractivity contribution is 6.32. The molecule has 2 N–H and O–H groups in total. The fourth-order valence-corrected chi connectivity index (χ4v) is 4.31. The Hall–Kier alpha value is -3.13. The van der Waals surface area contributed by atoms with Crippen LogP contribution in [0.2, 0.25) is 5.02 Å². The Labute approximate surface area is 186 Å². The zero-order valence-corrected chi connectivity index (χ0v) is 19.3. The summed E-state index contributed by atoms with van der Waals surface area (Å²) >= 11 is 6.72. The molecule has 0 bridgehead atoms. The van der Waals surface area contributed by atoms with Gasteiger partial charge in [0.25, 0.3) is 0 Å². The van der Waals surface area contributed by atoms with Gasteiger partial charge in [-0.3, -0.25) is 4.68 Å². The zero-order valence-electron chi connectivity index (χ0n) is 18.6. The first kappa shape index (κ1) is 21.1. The van der Waals surface area contributed by atoms with Crippen molar-refractivity contribution in [3.63, 3.8) is 0 Å². The fraction of sp³-hybridized carbons (Fsp3) is 0.364. The van der Waals surface area contributed by atoms with Crippen LogP contribution < -0.4 is 10.5 Å². The maximum Gasteiger partial charge on any atom is 0.164 e. The smallest absolute Gasteiger partial charge is 0.164 e. The van der Waals surface area contributed by atoms with Crippen LogP contribution in [-0.2, 0) is 7.05 Å². The number of nitrogens with two attached hydrogens (primary N) is 1. The van der Waals surface area contributed by atoms with Crippen molar-refractivity contribution in [1.82, 2.24) is 29.5 Å². The first-order valence-corrected chi connectivity index (χ1v) is 10.5. The molecule has 0 aliphatic carbocycles. The van der Waals surface area contributed by atoms with Gasteiger partial charge in [-0.2, -0.15) is 10.2 Å². The molecule has 31 heavy (non-hydrogen) atoms. The zero-order chi connectivity index (χ0) is 22.4. The molecule has 0 spiro atoms. The Morgan fingerprint density at radius 2 is 1.90 bits per heavy atom. The van der Waals surface area contributed by atoms with Gasteiger partial charge in [-0.1, -0.05) is 11.6 Å². The van der Waals surface area contributed by atoms with Crippen LogP contribution in [0, 0.1) is 20.8 Å². The molecule has 1 aromatic carbocycles.